The largest absolute Gasteiger partial charge is 0.396 e. The summed E-state index contributed by atoms with van der Waals surface area (Å²) in [7, 11) is 0. The summed E-state index contributed by atoms with van der Waals surface area (Å²) in [5.41, 5.74) is 2.80. The van der Waals surface area contributed by atoms with Crippen molar-refractivity contribution in [2.75, 3.05) is 19.7 Å². The first-order valence-electron chi connectivity index (χ1n) is 5.95. The van der Waals surface area contributed by atoms with Crippen LogP contribution in [0.1, 0.15) is 31.4 Å². The Labute approximate surface area is 98.7 Å². The van der Waals surface area contributed by atoms with Crippen molar-refractivity contribution < 1.29 is 5.11 Å². The molecule has 0 amide bonds. The van der Waals surface area contributed by atoms with Crippen LogP contribution in [0.25, 0.3) is 0 Å². The number of hydrogen-bond acceptors (Lipinski definition) is 2. The van der Waals surface area contributed by atoms with Crippen LogP contribution in [0.3, 0.4) is 0 Å². The van der Waals surface area contributed by atoms with Crippen molar-refractivity contribution in [3.05, 3.63) is 35.4 Å². The van der Waals surface area contributed by atoms with Gasteiger partial charge in [0.2, 0.25) is 0 Å². The lowest BCUT2D eigenvalue weighted by Gasteiger charge is -2.26. The molecule has 90 valence electrons. The minimum absolute atomic E-state index is 0.142. The summed E-state index contributed by atoms with van der Waals surface area (Å²) in [5.74, 6) is 0. The van der Waals surface area contributed by atoms with Crippen LogP contribution in [0.4, 0.5) is 0 Å². The van der Waals surface area contributed by atoms with Crippen LogP contribution in [-0.4, -0.2) is 24.8 Å². The zero-order chi connectivity index (χ0) is 12.0. The molecule has 0 bridgehead atoms. The first kappa shape index (κ1) is 13.2. The van der Waals surface area contributed by atoms with Crippen molar-refractivity contribution in [3.63, 3.8) is 0 Å². The van der Waals surface area contributed by atoms with Crippen LogP contribution >= 0.6 is 0 Å². The van der Waals surface area contributed by atoms with Crippen molar-refractivity contribution in [3.8, 4) is 0 Å². The van der Waals surface area contributed by atoms with E-state index in [0.717, 1.165) is 19.5 Å². The van der Waals surface area contributed by atoms with Gasteiger partial charge < -0.3 is 10.4 Å². The molecule has 0 aliphatic rings. The van der Waals surface area contributed by atoms with E-state index >= 15 is 0 Å². The van der Waals surface area contributed by atoms with Gasteiger partial charge >= 0.3 is 0 Å². The summed E-state index contributed by atoms with van der Waals surface area (Å²) >= 11 is 0. The van der Waals surface area contributed by atoms with Crippen molar-refractivity contribution in [2.45, 2.75) is 32.6 Å². The highest BCUT2D eigenvalue weighted by molar-refractivity contribution is 5.27. The smallest absolute Gasteiger partial charge is 0.0443 e. The van der Waals surface area contributed by atoms with Gasteiger partial charge in [-0.25, -0.2) is 0 Å². The molecular formula is C14H23NO. The molecule has 0 aromatic heterocycles. The summed E-state index contributed by atoms with van der Waals surface area (Å²) in [6, 6.07) is 8.71. The molecule has 2 N–H and O–H groups in total. The maximum absolute atomic E-state index is 8.70. The van der Waals surface area contributed by atoms with Crippen molar-refractivity contribution in [1.82, 2.24) is 5.32 Å². The second-order valence-electron chi connectivity index (χ2n) is 5.00. The van der Waals surface area contributed by atoms with Crippen molar-refractivity contribution in [1.29, 1.82) is 0 Å². The first-order valence-corrected chi connectivity index (χ1v) is 5.95. The molecule has 2 heteroatoms. The number of rotatable bonds is 6. The van der Waals surface area contributed by atoms with Crippen molar-refractivity contribution in [2.24, 2.45) is 0 Å². The maximum atomic E-state index is 8.70. The van der Waals surface area contributed by atoms with Crippen LogP contribution in [0.5, 0.6) is 0 Å². The molecular weight excluding hydrogens is 198 g/mol. The van der Waals surface area contributed by atoms with E-state index < -0.39 is 0 Å². The monoisotopic (exact) mass is 221 g/mol. The van der Waals surface area contributed by atoms with Gasteiger partial charge in [-0.1, -0.05) is 43.7 Å². The standard InChI is InChI=1S/C14H23NO/c1-12-5-7-13(8-6-12)14(2,3)11-15-9-4-10-16/h5-8,15-16H,4,9-11H2,1-3H3. The van der Waals surface area contributed by atoms with Gasteiger partial charge in [0.25, 0.3) is 0 Å². The van der Waals surface area contributed by atoms with E-state index in [0.29, 0.717) is 0 Å². The molecule has 0 saturated carbocycles. The molecule has 1 aromatic carbocycles. The third kappa shape index (κ3) is 3.95. The molecule has 1 aromatic rings. The number of nitrogens with one attached hydrogen (secondary N) is 1. The van der Waals surface area contributed by atoms with E-state index in [1.807, 2.05) is 0 Å². The second kappa shape index (κ2) is 6.02. The van der Waals surface area contributed by atoms with E-state index in [-0.39, 0.29) is 12.0 Å². The summed E-state index contributed by atoms with van der Waals surface area (Å²) in [4.78, 5) is 0. The Hall–Kier alpha value is -0.860. The lowest BCUT2D eigenvalue weighted by Crippen LogP contribution is -2.33. The van der Waals surface area contributed by atoms with Gasteiger partial charge in [0, 0.05) is 18.6 Å². The highest BCUT2D eigenvalue weighted by atomic mass is 16.3. The summed E-state index contributed by atoms with van der Waals surface area (Å²) in [6.07, 6.45) is 0.823. The summed E-state index contributed by atoms with van der Waals surface area (Å²) in [5, 5.41) is 12.1. The Morgan fingerprint density at radius 2 is 1.81 bits per heavy atom. The third-order valence-electron chi connectivity index (χ3n) is 2.91. The van der Waals surface area contributed by atoms with Gasteiger partial charge in [-0.2, -0.15) is 0 Å². The molecule has 0 radical (unpaired) electrons. The number of aryl methyl sites for hydroxylation is 1. The molecule has 0 saturated heterocycles. The lowest BCUT2D eigenvalue weighted by atomic mass is 9.84. The molecule has 0 spiro atoms. The Kier molecular flexibility index (Phi) is 4.97. The minimum Gasteiger partial charge on any atom is -0.396 e. The van der Waals surface area contributed by atoms with Gasteiger partial charge in [0.15, 0.2) is 0 Å². The predicted octanol–water partition coefficient (Wildman–Crippen LogP) is 2.24. The quantitative estimate of drug-likeness (QED) is 0.722. The molecule has 0 aliphatic carbocycles. The van der Waals surface area contributed by atoms with E-state index in [9.17, 15) is 0 Å². The highest BCUT2D eigenvalue weighted by Crippen LogP contribution is 2.22. The van der Waals surface area contributed by atoms with E-state index in [1.165, 1.54) is 11.1 Å². The first-order chi connectivity index (χ1) is 7.56. The molecule has 0 fully saturated rings. The average Bonchev–Trinajstić information content (AvgIpc) is 2.25. The van der Waals surface area contributed by atoms with E-state index in [1.54, 1.807) is 0 Å². The fourth-order valence-electron chi connectivity index (χ4n) is 1.71. The van der Waals surface area contributed by atoms with Gasteiger partial charge in [0.05, 0.1) is 0 Å². The SMILES string of the molecule is Cc1ccc(C(C)(C)CNCCCO)cc1. The molecule has 0 unspecified atom stereocenters. The number of aliphatic hydroxyl groups excluding tert-OH is 1. The Balaban J connectivity index is 2.52. The Morgan fingerprint density at radius 3 is 2.38 bits per heavy atom. The zero-order valence-electron chi connectivity index (χ0n) is 10.6. The number of hydrogen-bond donors (Lipinski definition) is 2. The maximum Gasteiger partial charge on any atom is 0.0443 e. The summed E-state index contributed by atoms with van der Waals surface area (Å²) < 4.78 is 0. The molecule has 1 rings (SSSR count). The fourth-order valence-corrected chi connectivity index (χ4v) is 1.71. The Morgan fingerprint density at radius 1 is 1.19 bits per heavy atom. The minimum atomic E-state index is 0.142. The average molecular weight is 221 g/mol. The van der Waals surface area contributed by atoms with Gasteiger partial charge in [0.1, 0.15) is 0 Å². The number of aliphatic hydroxyl groups is 1. The Bertz CT molecular complexity index is 303. The predicted molar refractivity (Wildman–Crippen MR) is 68.8 cm³/mol. The normalized spacial score (nSPS) is 11.8. The fraction of sp³-hybridized carbons (Fsp3) is 0.571. The third-order valence-corrected chi connectivity index (χ3v) is 2.91. The van der Waals surface area contributed by atoms with E-state index in [2.05, 4.69) is 50.4 Å². The van der Waals surface area contributed by atoms with E-state index in [4.69, 9.17) is 5.11 Å². The van der Waals surface area contributed by atoms with Crippen LogP contribution in [-0.2, 0) is 5.41 Å². The molecule has 16 heavy (non-hydrogen) atoms. The van der Waals surface area contributed by atoms with Gasteiger partial charge in [-0.3, -0.25) is 0 Å². The number of benzene rings is 1. The van der Waals surface area contributed by atoms with Crippen LogP contribution < -0.4 is 5.32 Å². The lowest BCUT2D eigenvalue weighted by molar-refractivity contribution is 0.284. The van der Waals surface area contributed by atoms with Crippen molar-refractivity contribution >= 4 is 0 Å². The second-order valence-corrected chi connectivity index (χ2v) is 5.00. The highest BCUT2D eigenvalue weighted by Gasteiger charge is 2.19. The van der Waals surface area contributed by atoms with Crippen LogP contribution in [0.15, 0.2) is 24.3 Å². The molecule has 0 atom stereocenters. The summed E-state index contributed by atoms with van der Waals surface area (Å²) in [6.45, 7) is 8.67. The molecule has 0 heterocycles. The zero-order valence-corrected chi connectivity index (χ0v) is 10.6. The van der Waals surface area contributed by atoms with Crippen LogP contribution in [0, 0.1) is 6.92 Å². The van der Waals surface area contributed by atoms with Gasteiger partial charge in [-0.05, 0) is 25.5 Å². The van der Waals surface area contributed by atoms with Crippen LogP contribution in [0.2, 0.25) is 0 Å². The molecule has 2 nitrogen and oxygen atoms in total. The topological polar surface area (TPSA) is 32.3 Å². The molecule has 0 aliphatic heterocycles. The van der Waals surface area contributed by atoms with Gasteiger partial charge in [-0.15, -0.1) is 0 Å².